The van der Waals surface area contributed by atoms with Crippen LogP contribution in [0.25, 0.3) is 6.08 Å². The molecule has 0 atom stereocenters. The van der Waals surface area contributed by atoms with E-state index in [0.29, 0.717) is 5.69 Å². The Labute approximate surface area is 134 Å². The fourth-order valence-electron chi connectivity index (χ4n) is 1.75. The summed E-state index contributed by atoms with van der Waals surface area (Å²) in [6, 6.07) is 8.41. The summed E-state index contributed by atoms with van der Waals surface area (Å²) in [6.07, 6.45) is -2.27. The number of hydrogen-bond donors (Lipinski definition) is 1. The van der Waals surface area contributed by atoms with E-state index in [1.54, 1.807) is 0 Å². The van der Waals surface area contributed by atoms with Gasteiger partial charge in [-0.1, -0.05) is 17.7 Å². The van der Waals surface area contributed by atoms with Crippen molar-refractivity contribution in [1.82, 2.24) is 0 Å². The molecule has 2 aromatic rings. The summed E-state index contributed by atoms with van der Waals surface area (Å²) in [5.74, 6) is -1.00. The van der Waals surface area contributed by atoms with Crippen molar-refractivity contribution in [2.24, 2.45) is 0 Å². The third-order valence-electron chi connectivity index (χ3n) is 2.83. The van der Waals surface area contributed by atoms with E-state index in [2.05, 4.69) is 5.32 Å². The second kappa shape index (κ2) is 6.83. The summed E-state index contributed by atoms with van der Waals surface area (Å²) in [4.78, 5) is 11.7. The molecule has 0 aromatic heterocycles. The fourth-order valence-corrected chi connectivity index (χ4v) is 1.98. The molecule has 23 heavy (non-hydrogen) atoms. The maximum absolute atomic E-state index is 12.7. The van der Waals surface area contributed by atoms with Gasteiger partial charge in [0.15, 0.2) is 0 Å². The van der Waals surface area contributed by atoms with Crippen LogP contribution in [0.5, 0.6) is 0 Å². The molecule has 0 aliphatic heterocycles. The number of nitrogens with one attached hydrogen (secondary N) is 1. The van der Waals surface area contributed by atoms with Crippen LogP contribution in [0.15, 0.2) is 48.5 Å². The lowest BCUT2D eigenvalue weighted by molar-refractivity contribution is -0.137. The highest BCUT2D eigenvalue weighted by atomic mass is 35.5. The lowest BCUT2D eigenvalue weighted by Gasteiger charge is -2.09. The van der Waals surface area contributed by atoms with Crippen molar-refractivity contribution in [3.05, 3.63) is 70.5 Å². The van der Waals surface area contributed by atoms with Gasteiger partial charge in [-0.15, -0.1) is 0 Å². The van der Waals surface area contributed by atoms with E-state index in [1.807, 2.05) is 0 Å². The molecule has 2 rings (SSSR count). The van der Waals surface area contributed by atoms with E-state index in [0.717, 1.165) is 18.2 Å². The largest absolute Gasteiger partial charge is 0.417 e. The first-order chi connectivity index (χ1) is 10.8. The zero-order valence-electron chi connectivity index (χ0n) is 11.5. The third kappa shape index (κ3) is 4.82. The van der Waals surface area contributed by atoms with E-state index >= 15 is 0 Å². The number of carbonyl (C=O) groups is 1. The SMILES string of the molecule is O=C(/C=C/c1ccc(Cl)c(C(F)(F)F)c1)Nc1ccc(F)cc1. The van der Waals surface area contributed by atoms with Gasteiger partial charge in [0.2, 0.25) is 5.91 Å². The van der Waals surface area contributed by atoms with Crippen molar-refractivity contribution in [2.75, 3.05) is 5.32 Å². The second-order valence-electron chi connectivity index (χ2n) is 4.57. The molecule has 7 heteroatoms. The first-order valence-corrected chi connectivity index (χ1v) is 6.75. The molecular formula is C16H10ClF4NO. The number of rotatable bonds is 3. The molecule has 0 aliphatic carbocycles. The summed E-state index contributed by atoms with van der Waals surface area (Å²) in [5.41, 5.74) is -0.427. The van der Waals surface area contributed by atoms with E-state index in [9.17, 15) is 22.4 Å². The summed E-state index contributed by atoms with van der Waals surface area (Å²) >= 11 is 5.51. The topological polar surface area (TPSA) is 29.1 Å². The lowest BCUT2D eigenvalue weighted by Crippen LogP contribution is -2.08. The highest BCUT2D eigenvalue weighted by molar-refractivity contribution is 6.31. The van der Waals surface area contributed by atoms with Crippen molar-refractivity contribution >= 4 is 29.3 Å². The molecule has 0 fully saturated rings. The molecule has 2 aromatic carbocycles. The molecule has 1 amide bonds. The first-order valence-electron chi connectivity index (χ1n) is 6.37. The molecule has 0 saturated carbocycles. The number of amides is 1. The van der Waals surface area contributed by atoms with Crippen LogP contribution in [0.4, 0.5) is 23.2 Å². The number of halogens is 5. The number of carbonyl (C=O) groups excluding carboxylic acids is 1. The monoisotopic (exact) mass is 343 g/mol. The van der Waals surface area contributed by atoms with E-state index < -0.39 is 28.5 Å². The minimum atomic E-state index is -4.57. The van der Waals surface area contributed by atoms with Crippen LogP contribution < -0.4 is 5.32 Å². The van der Waals surface area contributed by atoms with Crippen LogP contribution in [0.1, 0.15) is 11.1 Å². The molecule has 0 spiro atoms. The molecule has 0 unspecified atom stereocenters. The van der Waals surface area contributed by atoms with Crippen molar-refractivity contribution in [3.8, 4) is 0 Å². The first kappa shape index (κ1) is 17.0. The van der Waals surface area contributed by atoms with Gasteiger partial charge in [0.1, 0.15) is 5.82 Å². The molecule has 0 saturated heterocycles. The zero-order valence-corrected chi connectivity index (χ0v) is 12.3. The van der Waals surface area contributed by atoms with Crippen molar-refractivity contribution in [1.29, 1.82) is 0 Å². The van der Waals surface area contributed by atoms with Crippen molar-refractivity contribution in [2.45, 2.75) is 6.18 Å². The van der Waals surface area contributed by atoms with Gasteiger partial charge >= 0.3 is 6.18 Å². The minimum Gasteiger partial charge on any atom is -0.323 e. The summed E-state index contributed by atoms with van der Waals surface area (Å²) in [7, 11) is 0. The predicted octanol–water partition coefficient (Wildman–Crippen LogP) is 5.15. The van der Waals surface area contributed by atoms with Gasteiger partial charge in [-0.3, -0.25) is 4.79 Å². The van der Waals surface area contributed by atoms with Gasteiger partial charge in [-0.05, 0) is 48.0 Å². The molecule has 0 aliphatic rings. The highest BCUT2D eigenvalue weighted by Crippen LogP contribution is 2.35. The Morgan fingerprint density at radius 3 is 2.35 bits per heavy atom. The smallest absolute Gasteiger partial charge is 0.323 e. The standard InChI is InChI=1S/C16H10ClF4NO/c17-14-7-1-10(9-13(14)16(19,20)21)2-8-15(23)22-12-5-3-11(18)4-6-12/h1-9H,(H,22,23)/b8-2+. The van der Waals surface area contributed by atoms with Crippen LogP contribution in [0.2, 0.25) is 5.02 Å². The van der Waals surface area contributed by atoms with Gasteiger partial charge < -0.3 is 5.32 Å². The average molecular weight is 344 g/mol. The Morgan fingerprint density at radius 1 is 1.09 bits per heavy atom. The minimum absolute atomic E-state index is 0.177. The quantitative estimate of drug-likeness (QED) is 0.606. The zero-order chi connectivity index (χ0) is 17.0. The molecular weight excluding hydrogens is 334 g/mol. The van der Waals surface area contributed by atoms with Gasteiger partial charge in [0.25, 0.3) is 0 Å². The van der Waals surface area contributed by atoms with Gasteiger partial charge in [-0.25, -0.2) is 4.39 Å². The van der Waals surface area contributed by atoms with Crippen LogP contribution in [-0.2, 0) is 11.0 Å². The van der Waals surface area contributed by atoms with Crippen LogP contribution >= 0.6 is 11.6 Å². The molecule has 1 N–H and O–H groups in total. The van der Waals surface area contributed by atoms with Gasteiger partial charge in [0.05, 0.1) is 10.6 Å². The predicted molar refractivity (Wildman–Crippen MR) is 80.5 cm³/mol. The molecule has 120 valence electrons. The third-order valence-corrected chi connectivity index (χ3v) is 3.16. The van der Waals surface area contributed by atoms with Gasteiger partial charge in [0, 0.05) is 11.8 Å². The lowest BCUT2D eigenvalue weighted by atomic mass is 10.1. The Morgan fingerprint density at radius 2 is 1.74 bits per heavy atom. The molecule has 0 radical (unpaired) electrons. The molecule has 2 nitrogen and oxygen atoms in total. The Bertz CT molecular complexity index is 739. The Balaban J connectivity index is 2.10. The fraction of sp³-hybridized carbons (Fsp3) is 0.0625. The van der Waals surface area contributed by atoms with Crippen molar-refractivity contribution < 1.29 is 22.4 Å². The Kier molecular flexibility index (Phi) is 5.05. The average Bonchev–Trinajstić information content (AvgIpc) is 2.47. The Hall–Kier alpha value is -2.34. The maximum Gasteiger partial charge on any atom is 0.417 e. The van der Waals surface area contributed by atoms with E-state index in [-0.39, 0.29) is 5.56 Å². The maximum atomic E-state index is 12.7. The number of benzene rings is 2. The summed E-state index contributed by atoms with van der Waals surface area (Å²) in [5, 5.41) is 2.04. The second-order valence-corrected chi connectivity index (χ2v) is 4.97. The number of hydrogen-bond acceptors (Lipinski definition) is 1. The summed E-state index contributed by atoms with van der Waals surface area (Å²) in [6.45, 7) is 0. The highest BCUT2D eigenvalue weighted by Gasteiger charge is 2.33. The van der Waals surface area contributed by atoms with E-state index in [1.165, 1.54) is 36.4 Å². The normalized spacial score (nSPS) is 11.7. The molecule has 0 heterocycles. The van der Waals surface area contributed by atoms with E-state index in [4.69, 9.17) is 11.6 Å². The number of alkyl halides is 3. The van der Waals surface area contributed by atoms with Crippen molar-refractivity contribution in [3.63, 3.8) is 0 Å². The van der Waals surface area contributed by atoms with Crippen LogP contribution in [0, 0.1) is 5.82 Å². The van der Waals surface area contributed by atoms with Crippen LogP contribution in [0.3, 0.4) is 0 Å². The van der Waals surface area contributed by atoms with Gasteiger partial charge in [-0.2, -0.15) is 13.2 Å². The summed E-state index contributed by atoms with van der Waals surface area (Å²) < 4.78 is 50.9. The van der Waals surface area contributed by atoms with Crippen LogP contribution in [-0.4, -0.2) is 5.91 Å². The number of anilines is 1. The molecule has 0 bridgehead atoms.